The molecule has 5 nitrogen and oxygen atoms in total. The lowest BCUT2D eigenvalue weighted by Gasteiger charge is -2.46. The van der Waals surface area contributed by atoms with E-state index in [1.807, 2.05) is 17.8 Å². The fourth-order valence-electron chi connectivity index (χ4n) is 6.78. The van der Waals surface area contributed by atoms with Crippen molar-refractivity contribution in [1.29, 1.82) is 5.26 Å². The summed E-state index contributed by atoms with van der Waals surface area (Å²) in [5.41, 5.74) is 1.92. The van der Waals surface area contributed by atoms with E-state index in [1.54, 1.807) is 0 Å². The number of likely N-dealkylation sites (tertiary alicyclic amines) is 1. The first-order valence-corrected chi connectivity index (χ1v) is 16.2. The fourth-order valence-corrected chi connectivity index (χ4v) is 7.83. The van der Waals surface area contributed by atoms with E-state index in [4.69, 9.17) is 4.74 Å². The van der Waals surface area contributed by atoms with Crippen LogP contribution in [0.15, 0.2) is 59.5 Å². The first-order valence-electron chi connectivity index (χ1n) is 15.3. The molecule has 214 valence electrons. The Hall–Kier alpha value is -2.49. The number of benzene rings is 2. The van der Waals surface area contributed by atoms with Crippen LogP contribution in [-0.2, 0) is 14.9 Å². The van der Waals surface area contributed by atoms with Gasteiger partial charge in [-0.25, -0.2) is 0 Å². The van der Waals surface area contributed by atoms with Crippen LogP contribution in [0.4, 0.5) is 5.69 Å². The maximum Gasteiger partial charge on any atom is 0.302 e. The molecule has 1 aliphatic carbocycles. The summed E-state index contributed by atoms with van der Waals surface area (Å²) >= 11 is 2.03. The maximum atomic E-state index is 11.6. The van der Waals surface area contributed by atoms with E-state index in [-0.39, 0.29) is 11.9 Å². The van der Waals surface area contributed by atoms with Crippen LogP contribution in [0.5, 0.6) is 0 Å². The van der Waals surface area contributed by atoms with Gasteiger partial charge in [-0.1, -0.05) is 43.7 Å². The number of hydrogen-bond acceptors (Lipinski definition) is 6. The van der Waals surface area contributed by atoms with Crippen molar-refractivity contribution < 1.29 is 9.53 Å². The van der Waals surface area contributed by atoms with Crippen molar-refractivity contribution in [2.24, 2.45) is 17.8 Å². The number of anilines is 1. The zero-order valence-electron chi connectivity index (χ0n) is 24.3. The van der Waals surface area contributed by atoms with Crippen LogP contribution in [-0.4, -0.2) is 55.4 Å². The quantitative estimate of drug-likeness (QED) is 0.248. The standard InChI is InChI=1S/C34H45N3O2S/c1-3-7-27(24-39-26(2)38)20-34(25-35,29-8-5-4-6-9-29)30-16-18-36(19-17-30)21-28-22-37(23-28)31-10-12-32(13-11-31)40-33-14-15-33/h4-6,8-13,27-28,30,33H,3,7,14-24H2,1-2H3. The summed E-state index contributed by atoms with van der Waals surface area (Å²) in [4.78, 5) is 18.1. The minimum Gasteiger partial charge on any atom is -0.466 e. The molecule has 0 amide bonds. The molecule has 5 rings (SSSR count). The second kappa shape index (κ2) is 13.4. The topological polar surface area (TPSA) is 56.6 Å². The van der Waals surface area contributed by atoms with Crippen molar-refractivity contribution in [3.05, 3.63) is 60.2 Å². The van der Waals surface area contributed by atoms with E-state index in [2.05, 4.69) is 71.3 Å². The number of nitriles is 1. The molecule has 2 unspecified atom stereocenters. The molecule has 2 aromatic rings. The SMILES string of the molecule is CCCC(COC(C)=O)CC(C#N)(c1ccccc1)C1CCN(CC2CN(c3ccc(SC4CC4)cc3)C2)CC1. The van der Waals surface area contributed by atoms with Crippen molar-refractivity contribution in [2.45, 2.75) is 74.4 Å². The Labute approximate surface area is 245 Å². The van der Waals surface area contributed by atoms with Gasteiger partial charge < -0.3 is 14.5 Å². The normalized spacial score (nSPS) is 20.8. The summed E-state index contributed by atoms with van der Waals surface area (Å²) in [6.07, 6.45) is 7.53. The molecule has 2 saturated heterocycles. The number of rotatable bonds is 13. The largest absolute Gasteiger partial charge is 0.466 e. The molecule has 2 atom stereocenters. The molecule has 0 spiro atoms. The zero-order valence-corrected chi connectivity index (χ0v) is 25.1. The van der Waals surface area contributed by atoms with Crippen molar-refractivity contribution >= 4 is 23.4 Å². The van der Waals surface area contributed by atoms with Crippen LogP contribution in [0.25, 0.3) is 0 Å². The van der Waals surface area contributed by atoms with E-state index in [9.17, 15) is 10.1 Å². The van der Waals surface area contributed by atoms with Crippen LogP contribution in [0.1, 0.15) is 64.4 Å². The highest BCUT2D eigenvalue weighted by molar-refractivity contribution is 8.00. The number of esters is 1. The molecule has 0 aromatic heterocycles. The van der Waals surface area contributed by atoms with Gasteiger partial charge in [0.1, 0.15) is 0 Å². The number of piperidine rings is 1. The minimum absolute atomic E-state index is 0.189. The van der Waals surface area contributed by atoms with Crippen LogP contribution in [0.2, 0.25) is 0 Å². The van der Waals surface area contributed by atoms with E-state index in [0.717, 1.165) is 75.6 Å². The third-order valence-corrected chi connectivity index (χ3v) is 10.5. The Kier molecular flexibility index (Phi) is 9.76. The molecule has 0 bridgehead atoms. The zero-order chi connectivity index (χ0) is 28.0. The Morgan fingerprint density at radius 3 is 2.38 bits per heavy atom. The summed E-state index contributed by atoms with van der Waals surface area (Å²) < 4.78 is 5.45. The molecule has 0 N–H and O–H groups in total. The molecule has 3 fully saturated rings. The summed E-state index contributed by atoms with van der Waals surface area (Å²) in [6, 6.07) is 22.4. The summed E-state index contributed by atoms with van der Waals surface area (Å²) in [6.45, 7) is 9.55. The monoisotopic (exact) mass is 559 g/mol. The Morgan fingerprint density at radius 2 is 1.77 bits per heavy atom. The predicted molar refractivity (Wildman–Crippen MR) is 164 cm³/mol. The van der Waals surface area contributed by atoms with Gasteiger partial charge in [0.25, 0.3) is 0 Å². The second-order valence-corrected chi connectivity index (χ2v) is 13.6. The van der Waals surface area contributed by atoms with Gasteiger partial charge in [-0.15, -0.1) is 11.8 Å². The highest BCUT2D eigenvalue weighted by Crippen LogP contribution is 2.44. The number of ether oxygens (including phenoxy) is 1. The maximum absolute atomic E-state index is 11.6. The van der Waals surface area contributed by atoms with Gasteiger partial charge >= 0.3 is 5.97 Å². The number of carbonyl (C=O) groups excluding carboxylic acids is 1. The van der Waals surface area contributed by atoms with Crippen molar-refractivity contribution in [1.82, 2.24) is 4.90 Å². The smallest absolute Gasteiger partial charge is 0.302 e. The number of nitrogens with zero attached hydrogens (tertiary/aromatic N) is 3. The highest BCUT2D eigenvalue weighted by atomic mass is 32.2. The van der Waals surface area contributed by atoms with Crippen molar-refractivity contribution in [2.75, 3.05) is 44.2 Å². The Bertz CT molecular complexity index is 1130. The van der Waals surface area contributed by atoms with Crippen LogP contribution in [0.3, 0.4) is 0 Å². The molecule has 2 heterocycles. The lowest BCUT2D eigenvalue weighted by Crippen LogP contribution is -2.53. The predicted octanol–water partition coefficient (Wildman–Crippen LogP) is 6.92. The third kappa shape index (κ3) is 7.22. The number of thioether (sulfide) groups is 1. The molecule has 1 saturated carbocycles. The first kappa shape index (κ1) is 29.0. The number of hydrogen-bond donors (Lipinski definition) is 0. The molecular weight excluding hydrogens is 514 g/mol. The Balaban J connectivity index is 1.16. The molecular formula is C34H45N3O2S. The van der Waals surface area contributed by atoms with E-state index < -0.39 is 5.41 Å². The van der Waals surface area contributed by atoms with Gasteiger partial charge in [-0.3, -0.25) is 4.79 Å². The number of carbonyl (C=O) groups is 1. The summed E-state index contributed by atoms with van der Waals surface area (Å²) in [7, 11) is 0. The molecule has 6 heteroatoms. The van der Waals surface area contributed by atoms with Crippen molar-refractivity contribution in [3.8, 4) is 6.07 Å². The molecule has 40 heavy (non-hydrogen) atoms. The van der Waals surface area contributed by atoms with Gasteiger partial charge in [0.2, 0.25) is 0 Å². The average molecular weight is 560 g/mol. The second-order valence-electron chi connectivity index (χ2n) is 12.3. The van der Waals surface area contributed by atoms with Gasteiger partial charge in [-0.2, -0.15) is 5.26 Å². The fraction of sp³-hybridized carbons (Fsp3) is 0.588. The van der Waals surface area contributed by atoms with Crippen LogP contribution in [0, 0.1) is 29.1 Å². The molecule has 0 radical (unpaired) electrons. The molecule has 2 aliphatic heterocycles. The summed E-state index contributed by atoms with van der Waals surface area (Å²) in [5, 5.41) is 11.6. The lowest BCUT2D eigenvalue weighted by molar-refractivity contribution is -0.142. The summed E-state index contributed by atoms with van der Waals surface area (Å²) in [5.74, 6) is 0.965. The highest BCUT2D eigenvalue weighted by Gasteiger charge is 2.44. The van der Waals surface area contributed by atoms with E-state index in [0.29, 0.717) is 18.4 Å². The molecule has 3 aliphatic rings. The average Bonchev–Trinajstić information content (AvgIpc) is 3.78. The lowest BCUT2D eigenvalue weighted by atomic mass is 9.63. The van der Waals surface area contributed by atoms with Crippen LogP contribution < -0.4 is 4.90 Å². The molecule has 2 aromatic carbocycles. The van der Waals surface area contributed by atoms with Crippen molar-refractivity contribution in [3.63, 3.8) is 0 Å². The third-order valence-electron chi connectivity index (χ3n) is 9.11. The van der Waals surface area contributed by atoms with Crippen LogP contribution >= 0.6 is 11.8 Å². The van der Waals surface area contributed by atoms with Gasteiger partial charge in [-0.05, 0) is 93.3 Å². The van der Waals surface area contributed by atoms with Gasteiger partial charge in [0.05, 0.1) is 18.1 Å². The Morgan fingerprint density at radius 1 is 1.07 bits per heavy atom. The minimum atomic E-state index is -0.551. The first-order chi connectivity index (χ1) is 19.5. The van der Waals surface area contributed by atoms with E-state index >= 15 is 0 Å². The van der Waals surface area contributed by atoms with Gasteiger partial charge in [0.15, 0.2) is 0 Å². The van der Waals surface area contributed by atoms with Gasteiger partial charge in [0, 0.05) is 48.3 Å². The van der Waals surface area contributed by atoms with E-state index in [1.165, 1.54) is 30.3 Å².